The van der Waals surface area contributed by atoms with Crippen LogP contribution in [0.15, 0.2) is 83.8 Å². The maximum Gasteiger partial charge on any atom is 0.269 e. The predicted molar refractivity (Wildman–Crippen MR) is 121 cm³/mol. The molecule has 7 nitrogen and oxygen atoms in total. The van der Waals surface area contributed by atoms with Gasteiger partial charge in [-0.2, -0.15) is 0 Å². The lowest BCUT2D eigenvalue weighted by Gasteiger charge is -2.09. The third kappa shape index (κ3) is 5.88. The molecule has 0 saturated heterocycles. The van der Waals surface area contributed by atoms with Crippen molar-refractivity contribution in [2.45, 2.75) is 11.4 Å². The third-order valence-electron chi connectivity index (χ3n) is 4.11. The van der Waals surface area contributed by atoms with Crippen LogP contribution in [0.5, 0.6) is 0 Å². The molecule has 0 unspecified atom stereocenters. The Balaban J connectivity index is 1.55. The summed E-state index contributed by atoms with van der Waals surface area (Å²) < 4.78 is 28.1. The number of benzene rings is 3. The number of rotatable bonds is 6. The van der Waals surface area contributed by atoms with Crippen LogP contribution in [-0.4, -0.2) is 20.2 Å². The van der Waals surface area contributed by atoms with Gasteiger partial charge in [-0.3, -0.25) is 20.4 Å². The second kappa shape index (κ2) is 9.83. The van der Waals surface area contributed by atoms with Gasteiger partial charge in [0.25, 0.3) is 11.8 Å². The summed E-state index contributed by atoms with van der Waals surface area (Å²) in [6.45, 7) is 0.0838. The highest BCUT2D eigenvalue weighted by Gasteiger charge is 2.14. The maximum atomic E-state index is 12.4. The molecule has 0 aliphatic carbocycles. The van der Waals surface area contributed by atoms with Crippen LogP contribution >= 0.6 is 22.6 Å². The highest BCUT2D eigenvalue weighted by atomic mass is 127. The molecule has 9 heteroatoms. The van der Waals surface area contributed by atoms with Crippen LogP contribution < -0.4 is 15.6 Å². The van der Waals surface area contributed by atoms with E-state index < -0.39 is 21.8 Å². The van der Waals surface area contributed by atoms with Gasteiger partial charge in [0.1, 0.15) is 0 Å². The van der Waals surface area contributed by atoms with Crippen molar-refractivity contribution in [3.05, 3.63) is 99.1 Å². The molecular weight excluding hydrogens is 517 g/mol. The first-order chi connectivity index (χ1) is 14.3. The largest absolute Gasteiger partial charge is 0.269 e. The number of hydrazine groups is 1. The van der Waals surface area contributed by atoms with E-state index in [-0.39, 0.29) is 11.4 Å². The fraction of sp³-hybridized carbons (Fsp3) is 0.0476. The first kappa shape index (κ1) is 21.9. The number of carbonyl (C=O) groups excluding carboxylic acids is 2. The van der Waals surface area contributed by atoms with Gasteiger partial charge in [-0.1, -0.05) is 36.4 Å². The second-order valence-electron chi connectivity index (χ2n) is 6.25. The SMILES string of the molecule is O=C(NNC(=O)c1ccc(CNS(=O)(=O)c2cccc(I)c2)cc1)c1ccccc1. The number of amides is 2. The summed E-state index contributed by atoms with van der Waals surface area (Å²) in [6, 6.07) is 21.5. The Bertz CT molecular complexity index is 1150. The summed E-state index contributed by atoms with van der Waals surface area (Å²) in [5, 5.41) is 0. The summed E-state index contributed by atoms with van der Waals surface area (Å²) in [5.41, 5.74) is 6.14. The molecule has 0 spiro atoms. The number of halogens is 1. The van der Waals surface area contributed by atoms with Crippen molar-refractivity contribution < 1.29 is 18.0 Å². The molecule has 2 amide bonds. The van der Waals surface area contributed by atoms with Crippen molar-refractivity contribution in [2.24, 2.45) is 0 Å². The van der Waals surface area contributed by atoms with Crippen LogP contribution in [0.2, 0.25) is 0 Å². The van der Waals surface area contributed by atoms with E-state index in [1.807, 2.05) is 6.07 Å². The minimum absolute atomic E-state index is 0.0838. The van der Waals surface area contributed by atoms with Gasteiger partial charge in [-0.25, -0.2) is 13.1 Å². The zero-order valence-corrected chi connectivity index (χ0v) is 18.6. The molecule has 3 aromatic carbocycles. The van der Waals surface area contributed by atoms with Crippen molar-refractivity contribution in [3.63, 3.8) is 0 Å². The summed E-state index contributed by atoms with van der Waals surface area (Å²) in [4.78, 5) is 24.3. The first-order valence-corrected chi connectivity index (χ1v) is 11.4. The van der Waals surface area contributed by atoms with E-state index in [1.54, 1.807) is 66.7 Å². The van der Waals surface area contributed by atoms with Crippen molar-refractivity contribution in [1.29, 1.82) is 0 Å². The van der Waals surface area contributed by atoms with E-state index in [0.29, 0.717) is 16.7 Å². The molecule has 0 aliphatic rings. The Kier molecular flexibility index (Phi) is 7.19. The molecule has 0 radical (unpaired) electrons. The maximum absolute atomic E-state index is 12.4. The lowest BCUT2D eigenvalue weighted by Crippen LogP contribution is -2.41. The van der Waals surface area contributed by atoms with Gasteiger partial charge in [0.2, 0.25) is 10.0 Å². The zero-order valence-electron chi connectivity index (χ0n) is 15.6. The van der Waals surface area contributed by atoms with Crippen LogP contribution in [0.25, 0.3) is 0 Å². The highest BCUT2D eigenvalue weighted by Crippen LogP contribution is 2.14. The Morgan fingerprint density at radius 3 is 1.97 bits per heavy atom. The quantitative estimate of drug-likeness (QED) is 0.334. The standard InChI is InChI=1S/C21H18IN3O4S/c22-18-7-4-8-19(13-18)30(28,29)23-14-15-9-11-17(12-10-15)21(27)25-24-20(26)16-5-2-1-3-6-16/h1-13,23H,14H2,(H,24,26)(H,25,27). The van der Waals surface area contributed by atoms with Crippen LogP contribution in [0.3, 0.4) is 0 Å². The molecule has 0 heterocycles. The Hall–Kier alpha value is -2.76. The van der Waals surface area contributed by atoms with E-state index in [2.05, 4.69) is 38.2 Å². The van der Waals surface area contributed by atoms with Gasteiger partial charge < -0.3 is 0 Å². The monoisotopic (exact) mass is 535 g/mol. The number of hydrogen-bond acceptors (Lipinski definition) is 4. The summed E-state index contributed by atoms with van der Waals surface area (Å²) in [7, 11) is -3.63. The van der Waals surface area contributed by atoms with E-state index >= 15 is 0 Å². The van der Waals surface area contributed by atoms with Gasteiger partial charge in [-0.05, 0) is 70.6 Å². The fourth-order valence-corrected chi connectivity index (χ4v) is 4.33. The molecule has 3 N–H and O–H groups in total. The van der Waals surface area contributed by atoms with Crippen LogP contribution in [0, 0.1) is 3.57 Å². The van der Waals surface area contributed by atoms with Gasteiger partial charge in [-0.15, -0.1) is 0 Å². The molecule has 0 aliphatic heterocycles. The second-order valence-corrected chi connectivity index (χ2v) is 9.27. The zero-order chi connectivity index (χ0) is 21.6. The number of nitrogens with one attached hydrogen (secondary N) is 3. The topological polar surface area (TPSA) is 104 Å². The lowest BCUT2D eigenvalue weighted by molar-refractivity contribution is 0.0846. The minimum atomic E-state index is -3.63. The average molecular weight is 535 g/mol. The third-order valence-corrected chi connectivity index (χ3v) is 6.18. The minimum Gasteiger partial charge on any atom is -0.267 e. The van der Waals surface area contributed by atoms with Crippen molar-refractivity contribution in [1.82, 2.24) is 15.6 Å². The summed E-state index contributed by atoms with van der Waals surface area (Å²) in [6.07, 6.45) is 0. The normalized spacial score (nSPS) is 11.0. The Morgan fingerprint density at radius 2 is 1.37 bits per heavy atom. The van der Waals surface area contributed by atoms with Crippen molar-refractivity contribution in [2.75, 3.05) is 0 Å². The molecule has 0 atom stereocenters. The molecule has 154 valence electrons. The molecular formula is C21H18IN3O4S. The predicted octanol–water partition coefficient (Wildman–Crippen LogP) is 2.84. The van der Waals surface area contributed by atoms with Crippen molar-refractivity contribution in [3.8, 4) is 0 Å². The summed E-state index contributed by atoms with van der Waals surface area (Å²) in [5.74, 6) is -0.907. The number of sulfonamides is 1. The summed E-state index contributed by atoms with van der Waals surface area (Å²) >= 11 is 2.05. The van der Waals surface area contributed by atoms with Crippen LogP contribution in [0.1, 0.15) is 26.3 Å². The van der Waals surface area contributed by atoms with E-state index in [9.17, 15) is 18.0 Å². The molecule has 0 saturated carbocycles. The van der Waals surface area contributed by atoms with Crippen LogP contribution in [0.4, 0.5) is 0 Å². The van der Waals surface area contributed by atoms with Crippen molar-refractivity contribution >= 4 is 44.4 Å². The molecule has 0 bridgehead atoms. The van der Waals surface area contributed by atoms with Gasteiger partial charge >= 0.3 is 0 Å². The smallest absolute Gasteiger partial charge is 0.267 e. The van der Waals surface area contributed by atoms with Gasteiger partial charge in [0, 0.05) is 21.2 Å². The first-order valence-electron chi connectivity index (χ1n) is 8.85. The molecule has 0 fully saturated rings. The van der Waals surface area contributed by atoms with E-state index in [4.69, 9.17) is 0 Å². The molecule has 3 rings (SSSR count). The Morgan fingerprint density at radius 1 is 0.767 bits per heavy atom. The number of hydrogen-bond donors (Lipinski definition) is 3. The average Bonchev–Trinajstić information content (AvgIpc) is 2.77. The number of carbonyl (C=O) groups is 2. The molecule has 0 aromatic heterocycles. The molecule has 3 aromatic rings. The van der Waals surface area contributed by atoms with Gasteiger partial charge in [0.05, 0.1) is 4.90 Å². The molecule has 30 heavy (non-hydrogen) atoms. The Labute approximate surface area is 188 Å². The van der Waals surface area contributed by atoms with E-state index in [0.717, 1.165) is 3.57 Å². The van der Waals surface area contributed by atoms with Crippen LogP contribution in [-0.2, 0) is 16.6 Å². The lowest BCUT2D eigenvalue weighted by atomic mass is 10.1. The van der Waals surface area contributed by atoms with E-state index in [1.165, 1.54) is 6.07 Å². The highest BCUT2D eigenvalue weighted by molar-refractivity contribution is 14.1. The fourth-order valence-electron chi connectivity index (χ4n) is 2.52. The van der Waals surface area contributed by atoms with Gasteiger partial charge in [0.15, 0.2) is 0 Å².